The molecule has 2 aromatic rings. The number of nitrogens with one attached hydrogen (secondary N) is 2. The molecule has 1 aromatic heterocycles. The van der Waals surface area contributed by atoms with Gasteiger partial charge in [-0.15, -0.1) is 0 Å². The molecule has 0 radical (unpaired) electrons. The molecular weight excluding hydrogens is 352 g/mol. The van der Waals surface area contributed by atoms with E-state index in [1.807, 2.05) is 24.3 Å². The number of benzene rings is 1. The Morgan fingerprint density at radius 2 is 2.14 bits per heavy atom. The van der Waals surface area contributed by atoms with E-state index in [-0.39, 0.29) is 11.9 Å². The van der Waals surface area contributed by atoms with Crippen LogP contribution in [0.2, 0.25) is 0 Å². The van der Waals surface area contributed by atoms with E-state index in [0.717, 1.165) is 53.3 Å². The molecule has 2 aliphatic rings. The highest BCUT2D eigenvalue weighted by Crippen LogP contribution is 2.47. The fraction of sp³-hybridized carbons (Fsp3) is 0.364. The third-order valence-corrected chi connectivity index (χ3v) is 5.60. The zero-order chi connectivity index (χ0) is 19.8. The highest BCUT2D eigenvalue weighted by Gasteiger charge is 2.34. The van der Waals surface area contributed by atoms with E-state index in [1.165, 1.54) is 0 Å². The van der Waals surface area contributed by atoms with Crippen LogP contribution in [0.4, 0.5) is 17.1 Å². The number of rotatable bonds is 5. The lowest BCUT2D eigenvalue weighted by Crippen LogP contribution is -2.40. The van der Waals surface area contributed by atoms with Crippen LogP contribution < -0.4 is 15.0 Å². The first kappa shape index (κ1) is 18.3. The second-order valence-corrected chi connectivity index (χ2v) is 7.35. The Hall–Kier alpha value is -3.02. The van der Waals surface area contributed by atoms with Gasteiger partial charge in [0.05, 0.1) is 41.5 Å². The maximum atomic E-state index is 12.8. The maximum absolute atomic E-state index is 12.8. The predicted molar refractivity (Wildman–Crippen MR) is 115 cm³/mol. The average molecular weight is 378 g/mol. The smallest absolute Gasteiger partial charge is 0.256 e. The summed E-state index contributed by atoms with van der Waals surface area (Å²) in [6.45, 7) is 4.30. The number of amides is 1. The van der Waals surface area contributed by atoms with Crippen molar-refractivity contribution in [3.8, 4) is 5.75 Å². The van der Waals surface area contributed by atoms with Crippen molar-refractivity contribution in [2.24, 2.45) is 4.99 Å². The number of unbranched alkanes of at least 4 members (excludes halogenated alkanes) is 1. The van der Waals surface area contributed by atoms with Crippen LogP contribution in [-0.4, -0.2) is 36.8 Å². The van der Waals surface area contributed by atoms with E-state index in [4.69, 9.17) is 9.73 Å². The van der Waals surface area contributed by atoms with E-state index >= 15 is 0 Å². The number of aromatic nitrogens is 1. The third-order valence-electron chi connectivity index (χ3n) is 5.60. The van der Waals surface area contributed by atoms with Crippen molar-refractivity contribution in [2.45, 2.75) is 39.2 Å². The predicted octanol–water partition coefficient (Wildman–Crippen LogP) is 4.62. The van der Waals surface area contributed by atoms with Gasteiger partial charge < -0.3 is 19.9 Å². The summed E-state index contributed by atoms with van der Waals surface area (Å²) in [5, 5.41) is 3.00. The Kier molecular flexibility index (Phi) is 4.71. The second kappa shape index (κ2) is 7.19. The molecule has 4 rings (SSSR count). The standard InChI is InChI=1S/C22H26N4O2/c1-5-6-7-18-13(2)24-16-9-8-15-20(21(16)26(18)3)14(22(27)25-15)12-17-19(28-4)10-11-23-17/h8-12,18,23H,5-7H2,1-4H3,(H,25,27)/b14-12-. The van der Waals surface area contributed by atoms with Crippen molar-refractivity contribution < 1.29 is 9.53 Å². The van der Waals surface area contributed by atoms with Crippen LogP contribution in [0.1, 0.15) is 44.4 Å². The Labute approximate surface area is 165 Å². The number of nitrogens with zero attached hydrogens (tertiary/aromatic N) is 2. The van der Waals surface area contributed by atoms with Gasteiger partial charge in [-0.25, -0.2) is 0 Å². The Morgan fingerprint density at radius 1 is 1.32 bits per heavy atom. The monoisotopic (exact) mass is 378 g/mol. The highest BCUT2D eigenvalue weighted by atomic mass is 16.5. The summed E-state index contributed by atoms with van der Waals surface area (Å²) in [5.41, 5.74) is 6.20. The molecule has 1 aromatic carbocycles. The normalized spacial score (nSPS) is 19.4. The van der Waals surface area contributed by atoms with Gasteiger partial charge in [-0.1, -0.05) is 19.8 Å². The molecule has 0 bridgehead atoms. The number of carbonyl (C=O) groups is 1. The van der Waals surface area contributed by atoms with Crippen molar-refractivity contribution >= 4 is 40.3 Å². The van der Waals surface area contributed by atoms with E-state index in [0.29, 0.717) is 11.3 Å². The van der Waals surface area contributed by atoms with Gasteiger partial charge in [-0.05, 0) is 37.6 Å². The number of fused-ring (bicyclic) bond motifs is 3. The molecule has 1 amide bonds. The Morgan fingerprint density at radius 3 is 2.89 bits per heavy atom. The first-order valence-electron chi connectivity index (χ1n) is 9.75. The molecule has 146 valence electrons. The average Bonchev–Trinajstić information content (AvgIpc) is 3.25. The van der Waals surface area contributed by atoms with Gasteiger partial charge in [0, 0.05) is 24.5 Å². The fourth-order valence-electron chi connectivity index (χ4n) is 4.15. The molecule has 0 saturated heterocycles. The molecule has 2 N–H and O–H groups in total. The number of carbonyl (C=O) groups excluding carboxylic acids is 1. The number of anilines is 2. The van der Waals surface area contributed by atoms with Crippen LogP contribution in [0.15, 0.2) is 29.4 Å². The van der Waals surface area contributed by atoms with Gasteiger partial charge in [0.25, 0.3) is 5.91 Å². The molecule has 28 heavy (non-hydrogen) atoms. The number of methoxy groups -OCH3 is 1. The van der Waals surface area contributed by atoms with Crippen LogP contribution in [0, 0.1) is 0 Å². The van der Waals surface area contributed by atoms with Gasteiger partial charge in [0.15, 0.2) is 0 Å². The number of aliphatic imine (C=N–C) groups is 1. The molecule has 0 fully saturated rings. The van der Waals surface area contributed by atoms with Crippen molar-refractivity contribution in [2.75, 3.05) is 24.4 Å². The molecular formula is C22H26N4O2. The molecule has 6 nitrogen and oxygen atoms in total. The molecule has 1 atom stereocenters. The highest BCUT2D eigenvalue weighted by molar-refractivity contribution is 6.37. The van der Waals surface area contributed by atoms with E-state index in [2.05, 4.69) is 36.1 Å². The minimum Gasteiger partial charge on any atom is -0.495 e. The molecule has 0 saturated carbocycles. The topological polar surface area (TPSA) is 69.7 Å². The van der Waals surface area contributed by atoms with Gasteiger partial charge >= 0.3 is 0 Å². The molecule has 2 aliphatic heterocycles. The minimum atomic E-state index is -0.107. The molecule has 6 heteroatoms. The summed E-state index contributed by atoms with van der Waals surface area (Å²) in [5.74, 6) is 0.603. The van der Waals surface area contributed by atoms with E-state index < -0.39 is 0 Å². The Balaban J connectivity index is 1.85. The quantitative estimate of drug-likeness (QED) is 0.746. The fourth-order valence-corrected chi connectivity index (χ4v) is 4.15. The van der Waals surface area contributed by atoms with Gasteiger partial charge in [0.2, 0.25) is 0 Å². The first-order chi connectivity index (χ1) is 13.5. The van der Waals surface area contributed by atoms with E-state index in [1.54, 1.807) is 13.3 Å². The SMILES string of the molecule is CCCCC1C(C)=Nc2ccc3c(c2N1C)/C(=C/c1[nH]ccc1OC)C(=O)N3. The lowest BCUT2D eigenvalue weighted by molar-refractivity contribution is -0.110. The molecule has 0 aliphatic carbocycles. The van der Waals surface area contributed by atoms with E-state index in [9.17, 15) is 4.79 Å². The maximum Gasteiger partial charge on any atom is 0.256 e. The van der Waals surface area contributed by atoms with Crippen molar-refractivity contribution in [1.29, 1.82) is 0 Å². The number of ether oxygens (including phenoxy) is 1. The van der Waals surface area contributed by atoms with Crippen molar-refractivity contribution in [3.63, 3.8) is 0 Å². The number of aromatic amines is 1. The third kappa shape index (κ3) is 2.89. The van der Waals surface area contributed by atoms with Crippen LogP contribution in [-0.2, 0) is 4.79 Å². The zero-order valence-electron chi connectivity index (χ0n) is 16.8. The van der Waals surface area contributed by atoms with Crippen LogP contribution >= 0.6 is 0 Å². The zero-order valence-corrected chi connectivity index (χ0v) is 16.8. The first-order valence-corrected chi connectivity index (χ1v) is 9.75. The van der Waals surface area contributed by atoms with Gasteiger partial charge in [-0.2, -0.15) is 0 Å². The molecule has 1 unspecified atom stereocenters. The van der Waals surface area contributed by atoms with Gasteiger partial charge in [-0.3, -0.25) is 9.79 Å². The summed E-state index contributed by atoms with van der Waals surface area (Å²) in [4.78, 5) is 23.1. The summed E-state index contributed by atoms with van der Waals surface area (Å²) in [6, 6.07) is 6.02. The number of hydrogen-bond acceptors (Lipinski definition) is 4. The summed E-state index contributed by atoms with van der Waals surface area (Å²) in [7, 11) is 3.73. The van der Waals surface area contributed by atoms with Crippen LogP contribution in [0.5, 0.6) is 5.75 Å². The van der Waals surface area contributed by atoms with Crippen LogP contribution in [0.25, 0.3) is 11.6 Å². The van der Waals surface area contributed by atoms with Gasteiger partial charge in [0.1, 0.15) is 5.75 Å². The lowest BCUT2D eigenvalue weighted by atomic mass is 9.96. The number of H-pyrrole nitrogens is 1. The number of hydrogen-bond donors (Lipinski definition) is 2. The lowest BCUT2D eigenvalue weighted by Gasteiger charge is -2.36. The molecule has 0 spiro atoms. The minimum absolute atomic E-state index is 0.107. The van der Waals surface area contributed by atoms with Crippen molar-refractivity contribution in [3.05, 3.63) is 35.7 Å². The summed E-state index contributed by atoms with van der Waals surface area (Å²) >= 11 is 0. The van der Waals surface area contributed by atoms with Crippen molar-refractivity contribution in [1.82, 2.24) is 4.98 Å². The summed E-state index contributed by atoms with van der Waals surface area (Å²) in [6.07, 6.45) is 7.01. The Bertz CT molecular complexity index is 986. The van der Waals surface area contributed by atoms with Crippen LogP contribution in [0.3, 0.4) is 0 Å². The summed E-state index contributed by atoms with van der Waals surface area (Å²) < 4.78 is 5.39. The largest absolute Gasteiger partial charge is 0.495 e. The molecule has 3 heterocycles. The second-order valence-electron chi connectivity index (χ2n) is 7.35.